The lowest BCUT2D eigenvalue weighted by molar-refractivity contribution is -0.121. The van der Waals surface area contributed by atoms with Gasteiger partial charge in [-0.25, -0.2) is 0 Å². The van der Waals surface area contributed by atoms with Crippen LogP contribution in [0.15, 0.2) is 24.3 Å². The molecule has 0 spiro atoms. The summed E-state index contributed by atoms with van der Waals surface area (Å²) in [6.45, 7) is 2.62. The van der Waals surface area contributed by atoms with Crippen LogP contribution in [0.1, 0.15) is 35.2 Å². The van der Waals surface area contributed by atoms with Gasteiger partial charge in [0.25, 0.3) is 5.91 Å². The number of hydrogen-bond donors (Lipinski definition) is 2. The van der Waals surface area contributed by atoms with Crippen molar-refractivity contribution in [3.8, 4) is 0 Å². The molecule has 2 amide bonds. The number of benzene rings is 1. The Morgan fingerprint density at radius 3 is 2.59 bits per heavy atom. The van der Waals surface area contributed by atoms with E-state index >= 15 is 0 Å². The molecule has 1 aromatic rings. The molecular weight excluding hydrogens is 278 g/mol. The molecule has 1 aliphatic heterocycles. The quantitative estimate of drug-likeness (QED) is 0.835. The summed E-state index contributed by atoms with van der Waals surface area (Å²) in [5, 5.41) is 6.25. The first-order valence-corrected chi connectivity index (χ1v) is 7.84. The number of rotatable bonds is 6. The molecule has 0 aliphatic carbocycles. The zero-order valence-corrected chi connectivity index (χ0v) is 13.4. The number of amides is 2. The minimum absolute atomic E-state index is 0.0132. The number of carbonyl (C=O) groups excluding carboxylic acids is 2. The van der Waals surface area contributed by atoms with Gasteiger partial charge in [0.15, 0.2) is 0 Å². The van der Waals surface area contributed by atoms with Gasteiger partial charge in [-0.15, -0.1) is 0 Å². The Bertz CT molecular complexity index is 505. The monoisotopic (exact) mass is 303 g/mol. The predicted octanol–water partition coefficient (Wildman–Crippen LogP) is 1.39. The van der Waals surface area contributed by atoms with Gasteiger partial charge >= 0.3 is 0 Å². The molecule has 1 heterocycles. The van der Waals surface area contributed by atoms with Gasteiger partial charge in [-0.3, -0.25) is 9.59 Å². The Morgan fingerprint density at radius 1 is 1.27 bits per heavy atom. The van der Waals surface area contributed by atoms with E-state index in [1.165, 1.54) is 6.42 Å². The number of carbonyl (C=O) groups is 2. The van der Waals surface area contributed by atoms with Gasteiger partial charge in [0.05, 0.1) is 0 Å². The minimum atomic E-state index is -0.0132. The molecule has 120 valence electrons. The molecule has 0 radical (unpaired) electrons. The van der Waals surface area contributed by atoms with Gasteiger partial charge in [0.1, 0.15) is 0 Å². The van der Waals surface area contributed by atoms with Gasteiger partial charge < -0.3 is 15.5 Å². The second kappa shape index (κ2) is 7.94. The van der Waals surface area contributed by atoms with Crippen LogP contribution >= 0.6 is 0 Å². The molecule has 1 unspecified atom stereocenters. The van der Waals surface area contributed by atoms with Crippen LogP contribution in [-0.2, 0) is 11.3 Å². The zero-order valence-electron chi connectivity index (χ0n) is 13.4. The van der Waals surface area contributed by atoms with Gasteiger partial charge in [-0.05, 0) is 49.5 Å². The summed E-state index contributed by atoms with van der Waals surface area (Å²) in [6.07, 6.45) is 2.72. The lowest BCUT2D eigenvalue weighted by atomic mass is 10.0. The maximum absolute atomic E-state index is 11.8. The maximum atomic E-state index is 11.8. The summed E-state index contributed by atoms with van der Waals surface area (Å²) in [4.78, 5) is 25.2. The molecule has 22 heavy (non-hydrogen) atoms. The molecule has 2 rings (SSSR count). The molecule has 2 N–H and O–H groups in total. The van der Waals surface area contributed by atoms with Crippen LogP contribution in [0.25, 0.3) is 0 Å². The average Bonchev–Trinajstić information content (AvgIpc) is 3.04. The van der Waals surface area contributed by atoms with E-state index in [-0.39, 0.29) is 11.8 Å². The molecule has 5 heteroatoms. The Hall–Kier alpha value is -1.88. The Kier molecular flexibility index (Phi) is 5.95. The van der Waals surface area contributed by atoms with Crippen LogP contribution in [0.2, 0.25) is 0 Å². The van der Waals surface area contributed by atoms with Crippen molar-refractivity contribution < 1.29 is 9.59 Å². The summed E-state index contributed by atoms with van der Waals surface area (Å²) < 4.78 is 0. The van der Waals surface area contributed by atoms with Crippen molar-refractivity contribution in [1.82, 2.24) is 15.5 Å². The third-order valence-corrected chi connectivity index (χ3v) is 4.04. The third-order valence-electron chi connectivity index (χ3n) is 4.04. The molecule has 5 nitrogen and oxygen atoms in total. The molecule has 0 bridgehead atoms. The fourth-order valence-electron chi connectivity index (χ4n) is 2.61. The van der Waals surface area contributed by atoms with E-state index in [1.807, 2.05) is 12.1 Å². The van der Waals surface area contributed by atoms with Crippen LogP contribution in [-0.4, -0.2) is 43.9 Å². The summed E-state index contributed by atoms with van der Waals surface area (Å²) in [5.41, 5.74) is 1.67. The van der Waals surface area contributed by atoms with Crippen molar-refractivity contribution in [2.45, 2.75) is 25.8 Å². The fraction of sp³-hybridized carbons (Fsp3) is 0.529. The fourth-order valence-corrected chi connectivity index (χ4v) is 2.61. The van der Waals surface area contributed by atoms with Gasteiger partial charge in [0.2, 0.25) is 5.91 Å². The first-order valence-electron chi connectivity index (χ1n) is 7.84. The Morgan fingerprint density at radius 2 is 2.00 bits per heavy atom. The highest BCUT2D eigenvalue weighted by Gasteiger charge is 2.15. The van der Waals surface area contributed by atoms with E-state index < -0.39 is 0 Å². The van der Waals surface area contributed by atoms with Crippen molar-refractivity contribution in [3.63, 3.8) is 0 Å². The topological polar surface area (TPSA) is 61.4 Å². The summed E-state index contributed by atoms with van der Waals surface area (Å²) in [5.74, 6) is 0.725. The van der Waals surface area contributed by atoms with Crippen LogP contribution in [0.3, 0.4) is 0 Å². The standard InChI is InChI=1S/C17H25N3O2/c1-20(2)17(22)15-6-3-13(4-7-15)12-19-16(21)8-5-14-9-10-18-11-14/h3-4,6-7,14,18H,5,8-12H2,1-2H3,(H,19,21). The van der Waals surface area contributed by atoms with Gasteiger partial charge in [0, 0.05) is 32.6 Å². The lowest BCUT2D eigenvalue weighted by Gasteiger charge is -2.11. The molecule has 0 saturated carbocycles. The number of nitrogens with zero attached hydrogens (tertiary/aromatic N) is 1. The van der Waals surface area contributed by atoms with E-state index in [4.69, 9.17) is 0 Å². The molecule has 1 atom stereocenters. The van der Waals surface area contributed by atoms with Crippen molar-refractivity contribution in [2.75, 3.05) is 27.2 Å². The van der Waals surface area contributed by atoms with Crippen molar-refractivity contribution in [3.05, 3.63) is 35.4 Å². The first kappa shape index (κ1) is 16.5. The average molecular weight is 303 g/mol. The maximum Gasteiger partial charge on any atom is 0.253 e. The second-order valence-corrected chi connectivity index (χ2v) is 6.07. The van der Waals surface area contributed by atoms with Crippen molar-refractivity contribution in [1.29, 1.82) is 0 Å². The zero-order chi connectivity index (χ0) is 15.9. The first-order chi connectivity index (χ1) is 10.6. The Balaban J connectivity index is 1.74. The highest BCUT2D eigenvalue weighted by molar-refractivity contribution is 5.93. The van der Waals surface area contributed by atoms with E-state index in [2.05, 4.69) is 10.6 Å². The second-order valence-electron chi connectivity index (χ2n) is 6.07. The molecule has 1 aromatic carbocycles. The molecule has 1 saturated heterocycles. The van der Waals surface area contributed by atoms with Gasteiger partial charge in [-0.2, -0.15) is 0 Å². The molecule has 1 fully saturated rings. The van der Waals surface area contributed by atoms with E-state index in [9.17, 15) is 9.59 Å². The van der Waals surface area contributed by atoms with Gasteiger partial charge in [-0.1, -0.05) is 12.1 Å². The highest BCUT2D eigenvalue weighted by Crippen LogP contribution is 2.14. The van der Waals surface area contributed by atoms with Crippen LogP contribution in [0.4, 0.5) is 0 Å². The summed E-state index contributed by atoms with van der Waals surface area (Å²) >= 11 is 0. The van der Waals surface area contributed by atoms with Crippen LogP contribution < -0.4 is 10.6 Å². The van der Waals surface area contributed by atoms with Crippen molar-refractivity contribution in [2.24, 2.45) is 5.92 Å². The largest absolute Gasteiger partial charge is 0.352 e. The molecular formula is C17H25N3O2. The third kappa shape index (κ3) is 4.84. The normalized spacial score (nSPS) is 17.3. The molecule has 1 aliphatic rings. The SMILES string of the molecule is CN(C)C(=O)c1ccc(CNC(=O)CCC2CCNC2)cc1. The smallest absolute Gasteiger partial charge is 0.253 e. The predicted molar refractivity (Wildman–Crippen MR) is 86.5 cm³/mol. The summed E-state index contributed by atoms with van der Waals surface area (Å²) in [7, 11) is 3.46. The Labute approximate surface area is 132 Å². The van der Waals surface area contributed by atoms with Crippen LogP contribution in [0, 0.1) is 5.92 Å². The number of hydrogen-bond acceptors (Lipinski definition) is 3. The minimum Gasteiger partial charge on any atom is -0.352 e. The van der Waals surface area contributed by atoms with E-state index in [0.717, 1.165) is 25.1 Å². The van der Waals surface area contributed by atoms with E-state index in [1.54, 1.807) is 31.1 Å². The lowest BCUT2D eigenvalue weighted by Crippen LogP contribution is -2.24. The van der Waals surface area contributed by atoms with Crippen LogP contribution in [0.5, 0.6) is 0 Å². The van der Waals surface area contributed by atoms with E-state index in [0.29, 0.717) is 24.4 Å². The molecule has 0 aromatic heterocycles. The highest BCUT2D eigenvalue weighted by atomic mass is 16.2. The summed E-state index contributed by atoms with van der Waals surface area (Å²) in [6, 6.07) is 7.37. The van der Waals surface area contributed by atoms with Crippen molar-refractivity contribution >= 4 is 11.8 Å². The number of nitrogens with one attached hydrogen (secondary N) is 2.